The first-order chi connectivity index (χ1) is 11.3. The van der Waals surface area contributed by atoms with E-state index in [0.717, 1.165) is 11.6 Å². The van der Waals surface area contributed by atoms with Crippen molar-refractivity contribution in [2.24, 2.45) is 0 Å². The van der Waals surface area contributed by atoms with E-state index in [9.17, 15) is 18.5 Å². The first-order valence-electron chi connectivity index (χ1n) is 6.68. The number of nitro groups is 1. The predicted molar refractivity (Wildman–Crippen MR) is 94.0 cm³/mol. The van der Waals surface area contributed by atoms with Crippen LogP contribution in [0, 0.1) is 17.0 Å². The Labute approximate surface area is 144 Å². The Morgan fingerprint density at radius 3 is 2.46 bits per heavy atom. The molecule has 0 saturated carbocycles. The van der Waals surface area contributed by atoms with Crippen molar-refractivity contribution in [1.82, 2.24) is 10.3 Å². The zero-order chi connectivity index (χ0) is 17.7. The van der Waals surface area contributed by atoms with Gasteiger partial charge in [-0.15, -0.1) is 4.83 Å². The number of non-ortho nitro benzene ring substituents is 1. The summed E-state index contributed by atoms with van der Waals surface area (Å²) in [5, 5.41) is 13.6. The number of nitro benzene ring substituents is 1. The molecule has 2 aromatic rings. The van der Waals surface area contributed by atoms with E-state index in [4.69, 9.17) is 12.2 Å². The molecule has 0 heterocycles. The van der Waals surface area contributed by atoms with Gasteiger partial charge in [-0.05, 0) is 37.3 Å². The van der Waals surface area contributed by atoms with Crippen molar-refractivity contribution in [3.63, 3.8) is 0 Å². The number of anilines is 1. The molecule has 126 valence electrons. The van der Waals surface area contributed by atoms with Crippen LogP contribution in [-0.4, -0.2) is 18.5 Å². The standard InChI is InChI=1S/C14H14N4O4S2/c1-10-5-7-11(8-6-10)15-14(23)16-17-24(21,22)13-4-2-3-12(9-13)18(19)20/h2-9,17H,1H3,(H2,15,16,23). The third-order valence-electron chi connectivity index (χ3n) is 2.95. The van der Waals surface area contributed by atoms with Crippen LogP contribution in [0.1, 0.15) is 5.56 Å². The van der Waals surface area contributed by atoms with Gasteiger partial charge in [-0.3, -0.25) is 15.5 Å². The highest BCUT2D eigenvalue weighted by Crippen LogP contribution is 2.16. The molecule has 10 heteroatoms. The Bertz CT molecular complexity index is 867. The number of aryl methyl sites for hydroxylation is 1. The molecule has 0 atom stereocenters. The van der Waals surface area contributed by atoms with Crippen molar-refractivity contribution in [2.45, 2.75) is 11.8 Å². The smallest absolute Gasteiger partial charge is 0.270 e. The summed E-state index contributed by atoms with van der Waals surface area (Å²) in [6.07, 6.45) is 0. The Morgan fingerprint density at radius 2 is 1.83 bits per heavy atom. The predicted octanol–water partition coefficient (Wildman–Crippen LogP) is 2.08. The molecule has 0 aliphatic carbocycles. The van der Waals surface area contributed by atoms with Gasteiger partial charge < -0.3 is 5.32 Å². The Morgan fingerprint density at radius 1 is 1.17 bits per heavy atom. The van der Waals surface area contributed by atoms with Crippen LogP contribution in [0.15, 0.2) is 53.4 Å². The monoisotopic (exact) mass is 366 g/mol. The molecule has 3 N–H and O–H groups in total. The molecule has 0 aliphatic rings. The highest BCUT2D eigenvalue weighted by molar-refractivity contribution is 7.89. The maximum atomic E-state index is 12.1. The van der Waals surface area contributed by atoms with Gasteiger partial charge in [0.15, 0.2) is 5.11 Å². The molecule has 0 fully saturated rings. The van der Waals surface area contributed by atoms with Gasteiger partial charge in [0, 0.05) is 17.8 Å². The average Bonchev–Trinajstić information content (AvgIpc) is 2.55. The van der Waals surface area contributed by atoms with Crippen molar-refractivity contribution in [2.75, 3.05) is 5.32 Å². The lowest BCUT2D eigenvalue weighted by Gasteiger charge is -2.12. The molecule has 2 rings (SSSR count). The number of hydrogen-bond acceptors (Lipinski definition) is 5. The fourth-order valence-electron chi connectivity index (χ4n) is 1.74. The van der Waals surface area contributed by atoms with Crippen molar-refractivity contribution < 1.29 is 13.3 Å². The minimum Gasteiger partial charge on any atom is -0.332 e. The van der Waals surface area contributed by atoms with E-state index in [1.165, 1.54) is 18.2 Å². The maximum absolute atomic E-state index is 12.1. The number of hydrazine groups is 1. The van der Waals surface area contributed by atoms with Crippen molar-refractivity contribution in [1.29, 1.82) is 0 Å². The van der Waals surface area contributed by atoms with Crippen LogP contribution in [-0.2, 0) is 10.0 Å². The molecule has 0 aromatic heterocycles. The molecule has 24 heavy (non-hydrogen) atoms. The van der Waals surface area contributed by atoms with Crippen molar-refractivity contribution in [3.8, 4) is 0 Å². The molecule has 8 nitrogen and oxygen atoms in total. The first-order valence-corrected chi connectivity index (χ1v) is 8.57. The van der Waals surface area contributed by atoms with E-state index in [0.29, 0.717) is 5.69 Å². The molecule has 0 bridgehead atoms. The van der Waals surface area contributed by atoms with Gasteiger partial charge >= 0.3 is 0 Å². The molecular formula is C14H14N4O4S2. The fourth-order valence-corrected chi connectivity index (χ4v) is 2.86. The molecule has 0 unspecified atom stereocenters. The topological polar surface area (TPSA) is 113 Å². The van der Waals surface area contributed by atoms with Crippen molar-refractivity contribution >= 4 is 38.7 Å². The number of nitrogens with one attached hydrogen (secondary N) is 3. The number of nitrogens with zero attached hydrogens (tertiary/aromatic N) is 1. The summed E-state index contributed by atoms with van der Waals surface area (Å²) < 4.78 is 24.2. The second-order valence-electron chi connectivity index (χ2n) is 4.81. The molecule has 0 amide bonds. The van der Waals surface area contributed by atoms with E-state index in [2.05, 4.69) is 15.6 Å². The van der Waals surface area contributed by atoms with Gasteiger partial charge in [0.1, 0.15) is 0 Å². The summed E-state index contributed by atoms with van der Waals surface area (Å²) in [5.74, 6) is 0. The van der Waals surface area contributed by atoms with E-state index in [1.54, 1.807) is 12.1 Å². The number of thiocarbonyl (C=S) groups is 1. The Balaban J connectivity index is 2.01. The second-order valence-corrected chi connectivity index (χ2v) is 6.90. The van der Waals surface area contributed by atoms with Crippen LogP contribution in [0.4, 0.5) is 11.4 Å². The second kappa shape index (κ2) is 7.34. The summed E-state index contributed by atoms with van der Waals surface area (Å²) in [7, 11) is -4.00. The van der Waals surface area contributed by atoms with E-state index >= 15 is 0 Å². The van der Waals surface area contributed by atoms with Gasteiger partial charge in [-0.25, -0.2) is 8.42 Å². The highest BCUT2D eigenvalue weighted by atomic mass is 32.2. The SMILES string of the molecule is Cc1ccc(NC(=S)NNS(=O)(=O)c2cccc([N+](=O)[O-])c2)cc1. The van der Waals surface area contributed by atoms with E-state index in [1.807, 2.05) is 19.1 Å². The normalized spacial score (nSPS) is 10.9. The number of benzene rings is 2. The van der Waals surface area contributed by atoms with Gasteiger partial charge in [0.05, 0.1) is 9.82 Å². The maximum Gasteiger partial charge on any atom is 0.270 e. The number of rotatable bonds is 5. The van der Waals surface area contributed by atoms with Crippen LogP contribution in [0.3, 0.4) is 0 Å². The van der Waals surface area contributed by atoms with Crippen LogP contribution in [0.2, 0.25) is 0 Å². The minimum atomic E-state index is -4.00. The summed E-state index contributed by atoms with van der Waals surface area (Å²) in [4.78, 5) is 11.9. The van der Waals surface area contributed by atoms with Crippen molar-refractivity contribution in [3.05, 3.63) is 64.2 Å². The Kier molecular flexibility index (Phi) is 5.44. The molecule has 2 aromatic carbocycles. The van der Waals surface area contributed by atoms with Crippen LogP contribution < -0.4 is 15.6 Å². The Hall–Kier alpha value is -2.56. The minimum absolute atomic E-state index is 0.0351. The lowest BCUT2D eigenvalue weighted by Crippen LogP contribution is -2.43. The van der Waals surface area contributed by atoms with E-state index in [-0.39, 0.29) is 15.7 Å². The molecular weight excluding hydrogens is 352 g/mol. The molecule has 0 radical (unpaired) electrons. The van der Waals surface area contributed by atoms with Crippen LogP contribution >= 0.6 is 12.2 Å². The summed E-state index contributed by atoms with van der Waals surface area (Å²) in [6, 6.07) is 12.0. The van der Waals surface area contributed by atoms with Gasteiger partial charge in [-0.2, -0.15) is 0 Å². The zero-order valence-corrected chi connectivity index (χ0v) is 14.1. The third-order valence-corrected chi connectivity index (χ3v) is 4.40. The number of sulfonamides is 1. The van der Waals surface area contributed by atoms with Gasteiger partial charge in [0.2, 0.25) is 0 Å². The van der Waals surface area contributed by atoms with Crippen LogP contribution in [0.5, 0.6) is 0 Å². The molecule has 0 saturated heterocycles. The lowest BCUT2D eigenvalue weighted by atomic mass is 10.2. The largest absolute Gasteiger partial charge is 0.332 e. The van der Waals surface area contributed by atoms with Gasteiger partial charge in [-0.1, -0.05) is 23.8 Å². The molecule has 0 spiro atoms. The fraction of sp³-hybridized carbons (Fsp3) is 0.0714. The van der Waals surface area contributed by atoms with Crippen LogP contribution in [0.25, 0.3) is 0 Å². The summed E-state index contributed by atoms with van der Waals surface area (Å²) in [6.45, 7) is 1.94. The third kappa shape index (κ3) is 4.72. The number of hydrogen-bond donors (Lipinski definition) is 3. The lowest BCUT2D eigenvalue weighted by molar-refractivity contribution is -0.385. The zero-order valence-electron chi connectivity index (χ0n) is 12.5. The first kappa shape index (κ1) is 17.8. The average molecular weight is 366 g/mol. The summed E-state index contributed by atoms with van der Waals surface area (Å²) in [5.41, 5.74) is 3.79. The quantitative estimate of drug-likeness (QED) is 0.422. The molecule has 0 aliphatic heterocycles. The van der Waals surface area contributed by atoms with Gasteiger partial charge in [0.25, 0.3) is 15.7 Å². The highest BCUT2D eigenvalue weighted by Gasteiger charge is 2.17. The van der Waals surface area contributed by atoms with E-state index < -0.39 is 14.9 Å². The summed E-state index contributed by atoms with van der Waals surface area (Å²) >= 11 is 5.00.